The molecule has 0 aromatic rings. The standard InChI is InChI=1S/C8H15IN2O3/c1-7(2,11-9)5(12)10-8(3,4)6(13)14/h11H,1-4H3,(H,10,12)(H,13,14). The highest BCUT2D eigenvalue weighted by molar-refractivity contribution is 14.1. The van der Waals surface area contributed by atoms with Gasteiger partial charge in [-0.25, -0.2) is 8.32 Å². The van der Waals surface area contributed by atoms with Crippen LogP contribution in [-0.4, -0.2) is 28.1 Å². The van der Waals surface area contributed by atoms with Crippen LogP contribution in [0.4, 0.5) is 0 Å². The van der Waals surface area contributed by atoms with Crippen molar-refractivity contribution in [1.29, 1.82) is 0 Å². The third-order valence-corrected chi connectivity index (χ3v) is 3.11. The number of amides is 1. The average Bonchev–Trinajstić information content (AvgIpc) is 2.03. The molecule has 1 amide bonds. The van der Waals surface area contributed by atoms with Crippen molar-refractivity contribution in [3.63, 3.8) is 0 Å². The number of hydrogen-bond acceptors (Lipinski definition) is 3. The Kier molecular flexibility index (Phi) is 4.32. The lowest BCUT2D eigenvalue weighted by Crippen LogP contribution is -2.58. The quantitative estimate of drug-likeness (QED) is 0.527. The van der Waals surface area contributed by atoms with Gasteiger partial charge in [0.25, 0.3) is 0 Å². The highest BCUT2D eigenvalue weighted by Gasteiger charge is 2.35. The van der Waals surface area contributed by atoms with Gasteiger partial charge in [-0.05, 0) is 27.7 Å². The Morgan fingerprint density at radius 2 is 1.57 bits per heavy atom. The van der Waals surface area contributed by atoms with Crippen LogP contribution in [0.1, 0.15) is 27.7 Å². The summed E-state index contributed by atoms with van der Waals surface area (Å²) in [5.74, 6) is -1.41. The van der Waals surface area contributed by atoms with Gasteiger partial charge < -0.3 is 10.4 Å². The molecule has 6 heteroatoms. The van der Waals surface area contributed by atoms with E-state index in [1.54, 1.807) is 13.8 Å². The molecule has 82 valence electrons. The summed E-state index contributed by atoms with van der Waals surface area (Å²) < 4.78 is 2.77. The average molecular weight is 314 g/mol. The first-order chi connectivity index (χ1) is 6.13. The molecule has 0 atom stereocenters. The number of hydrogen-bond donors (Lipinski definition) is 3. The summed E-state index contributed by atoms with van der Waals surface area (Å²) in [6.07, 6.45) is 0. The van der Waals surface area contributed by atoms with Crippen molar-refractivity contribution in [2.45, 2.75) is 38.8 Å². The van der Waals surface area contributed by atoms with Gasteiger partial charge >= 0.3 is 5.97 Å². The maximum Gasteiger partial charge on any atom is 0.328 e. The molecule has 0 bridgehead atoms. The minimum atomic E-state index is -1.25. The predicted octanol–water partition coefficient (Wildman–Crippen LogP) is 0.684. The first-order valence-corrected chi connectivity index (χ1v) is 5.15. The summed E-state index contributed by atoms with van der Waals surface area (Å²) >= 11 is 1.86. The Balaban J connectivity index is 4.56. The molecule has 0 rings (SSSR count). The Hall–Kier alpha value is -0.370. The molecular formula is C8H15IN2O3. The van der Waals surface area contributed by atoms with Crippen LogP contribution in [0.25, 0.3) is 0 Å². The zero-order valence-corrected chi connectivity index (χ0v) is 10.8. The van der Waals surface area contributed by atoms with Gasteiger partial charge in [-0.2, -0.15) is 0 Å². The lowest BCUT2D eigenvalue weighted by Gasteiger charge is -2.28. The lowest BCUT2D eigenvalue weighted by molar-refractivity contribution is -0.146. The topological polar surface area (TPSA) is 78.4 Å². The van der Waals surface area contributed by atoms with E-state index < -0.39 is 17.0 Å². The fourth-order valence-electron chi connectivity index (χ4n) is 0.536. The second-order valence-corrected chi connectivity index (χ2v) is 4.64. The van der Waals surface area contributed by atoms with Gasteiger partial charge in [0.1, 0.15) is 11.1 Å². The second kappa shape index (κ2) is 4.43. The van der Waals surface area contributed by atoms with Crippen LogP contribution >= 0.6 is 22.9 Å². The van der Waals surface area contributed by atoms with E-state index in [1.165, 1.54) is 13.8 Å². The van der Waals surface area contributed by atoms with Crippen molar-refractivity contribution in [3.05, 3.63) is 0 Å². The van der Waals surface area contributed by atoms with E-state index in [0.717, 1.165) is 0 Å². The fourth-order valence-corrected chi connectivity index (χ4v) is 0.781. The highest BCUT2D eigenvalue weighted by Crippen LogP contribution is 2.09. The number of aliphatic carboxylic acids is 1. The molecule has 0 aliphatic heterocycles. The summed E-state index contributed by atoms with van der Waals surface area (Å²) in [6.45, 7) is 6.23. The SMILES string of the molecule is CC(C)(NC(=O)C(C)(C)NI)C(=O)O. The molecule has 0 aromatic heterocycles. The number of rotatable bonds is 4. The number of halogens is 1. The zero-order chi connectivity index (χ0) is 11.6. The molecule has 0 aliphatic carbocycles. The van der Waals surface area contributed by atoms with Gasteiger partial charge in [0, 0.05) is 22.9 Å². The van der Waals surface area contributed by atoms with E-state index in [4.69, 9.17) is 5.11 Å². The van der Waals surface area contributed by atoms with E-state index in [2.05, 4.69) is 8.85 Å². The van der Waals surface area contributed by atoms with Crippen molar-refractivity contribution in [2.75, 3.05) is 0 Å². The Labute approximate surface area is 97.1 Å². The Bertz CT molecular complexity index is 251. The molecule has 0 radical (unpaired) electrons. The molecular weight excluding hydrogens is 299 g/mol. The normalized spacial score (nSPS) is 12.4. The van der Waals surface area contributed by atoms with Crippen molar-refractivity contribution in [1.82, 2.24) is 8.85 Å². The van der Waals surface area contributed by atoms with Crippen molar-refractivity contribution in [3.8, 4) is 0 Å². The third-order valence-electron chi connectivity index (χ3n) is 1.76. The van der Waals surface area contributed by atoms with E-state index >= 15 is 0 Å². The maximum atomic E-state index is 11.6. The van der Waals surface area contributed by atoms with Crippen LogP contribution in [0.5, 0.6) is 0 Å². The van der Waals surface area contributed by atoms with Crippen LogP contribution in [0.3, 0.4) is 0 Å². The van der Waals surface area contributed by atoms with Crippen molar-refractivity contribution >= 4 is 34.7 Å². The highest BCUT2D eigenvalue weighted by atomic mass is 127. The van der Waals surface area contributed by atoms with E-state index in [-0.39, 0.29) is 5.91 Å². The number of carbonyl (C=O) groups excluding carboxylic acids is 1. The molecule has 3 N–H and O–H groups in total. The molecule has 0 aromatic carbocycles. The molecule has 14 heavy (non-hydrogen) atoms. The summed E-state index contributed by atoms with van der Waals surface area (Å²) in [5.41, 5.74) is -2.03. The monoisotopic (exact) mass is 314 g/mol. The largest absolute Gasteiger partial charge is 0.480 e. The van der Waals surface area contributed by atoms with Gasteiger partial charge in [-0.15, -0.1) is 0 Å². The van der Waals surface area contributed by atoms with Crippen molar-refractivity contribution in [2.24, 2.45) is 0 Å². The second-order valence-electron chi connectivity index (χ2n) is 4.10. The van der Waals surface area contributed by atoms with Crippen LogP contribution in [-0.2, 0) is 9.59 Å². The Morgan fingerprint density at radius 1 is 1.14 bits per heavy atom. The van der Waals surface area contributed by atoms with Gasteiger partial charge in [0.15, 0.2) is 0 Å². The maximum absolute atomic E-state index is 11.6. The van der Waals surface area contributed by atoms with E-state index in [9.17, 15) is 9.59 Å². The summed E-state index contributed by atoms with van der Waals surface area (Å²) in [6, 6.07) is 0. The number of carbonyl (C=O) groups is 2. The van der Waals surface area contributed by atoms with Crippen molar-refractivity contribution < 1.29 is 14.7 Å². The molecule has 0 heterocycles. The first kappa shape index (κ1) is 13.6. The van der Waals surface area contributed by atoms with Gasteiger partial charge in [0.05, 0.1) is 0 Å². The fraction of sp³-hybridized carbons (Fsp3) is 0.750. The van der Waals surface area contributed by atoms with E-state index in [0.29, 0.717) is 0 Å². The summed E-state index contributed by atoms with van der Waals surface area (Å²) in [7, 11) is 0. The number of carboxylic acids is 1. The molecule has 0 saturated carbocycles. The molecule has 0 unspecified atom stereocenters. The molecule has 5 nitrogen and oxygen atoms in total. The first-order valence-electron chi connectivity index (χ1n) is 4.07. The van der Waals surface area contributed by atoms with Crippen LogP contribution < -0.4 is 8.85 Å². The summed E-state index contributed by atoms with van der Waals surface area (Å²) in [4.78, 5) is 22.3. The van der Waals surface area contributed by atoms with Gasteiger partial charge in [0.2, 0.25) is 5.91 Å². The lowest BCUT2D eigenvalue weighted by atomic mass is 10.0. The number of carboxylic acid groups (broad SMARTS) is 1. The van der Waals surface area contributed by atoms with Gasteiger partial charge in [-0.3, -0.25) is 4.79 Å². The molecule has 0 fully saturated rings. The zero-order valence-electron chi connectivity index (χ0n) is 8.64. The smallest absolute Gasteiger partial charge is 0.328 e. The minimum absolute atomic E-state index is 0.348. The number of nitrogens with one attached hydrogen (secondary N) is 2. The molecule has 0 aliphatic rings. The molecule has 0 saturated heterocycles. The predicted molar refractivity (Wildman–Crippen MR) is 61.1 cm³/mol. The Morgan fingerprint density at radius 3 is 1.86 bits per heavy atom. The van der Waals surface area contributed by atoms with E-state index in [1.807, 2.05) is 22.9 Å². The van der Waals surface area contributed by atoms with Gasteiger partial charge in [-0.1, -0.05) is 0 Å². The third kappa shape index (κ3) is 3.41. The summed E-state index contributed by atoms with van der Waals surface area (Å²) in [5, 5.41) is 11.2. The van der Waals surface area contributed by atoms with Crippen LogP contribution in [0, 0.1) is 0 Å². The van der Waals surface area contributed by atoms with Crippen LogP contribution in [0.2, 0.25) is 0 Å². The minimum Gasteiger partial charge on any atom is -0.480 e. The molecule has 0 spiro atoms. The van der Waals surface area contributed by atoms with Crippen LogP contribution in [0.15, 0.2) is 0 Å².